The van der Waals surface area contributed by atoms with Gasteiger partial charge in [0.05, 0.1) is 5.56 Å². The molecule has 128 valence electrons. The first-order valence-corrected chi connectivity index (χ1v) is 7.98. The van der Waals surface area contributed by atoms with E-state index in [1.165, 1.54) is 0 Å². The van der Waals surface area contributed by atoms with Gasteiger partial charge in [0.2, 0.25) is 0 Å². The third-order valence-corrected chi connectivity index (χ3v) is 3.86. The molecule has 0 atom stereocenters. The van der Waals surface area contributed by atoms with Gasteiger partial charge in [-0.3, -0.25) is 9.59 Å². The maximum atomic E-state index is 12.4. The van der Waals surface area contributed by atoms with E-state index in [9.17, 15) is 9.59 Å². The molecule has 0 bridgehead atoms. The first-order valence-electron chi connectivity index (χ1n) is 7.98. The number of H-pyrrole nitrogens is 1. The molecule has 3 aromatic rings. The molecule has 6 heteroatoms. The van der Waals surface area contributed by atoms with Gasteiger partial charge >= 0.3 is 0 Å². The summed E-state index contributed by atoms with van der Waals surface area (Å²) in [5.74, 6) is -0.500. The van der Waals surface area contributed by atoms with E-state index in [0.717, 1.165) is 16.5 Å². The Morgan fingerprint density at radius 1 is 1.08 bits per heavy atom. The highest BCUT2D eigenvalue weighted by Crippen LogP contribution is 2.19. The number of carbonyl (C=O) groups is 2. The van der Waals surface area contributed by atoms with Gasteiger partial charge in [-0.1, -0.05) is 30.3 Å². The van der Waals surface area contributed by atoms with E-state index in [2.05, 4.69) is 16.4 Å². The first-order chi connectivity index (χ1) is 12.1. The van der Waals surface area contributed by atoms with Gasteiger partial charge in [-0.25, -0.2) is 0 Å². The zero-order valence-corrected chi connectivity index (χ0v) is 13.6. The minimum atomic E-state index is -0.588. The molecule has 2 amide bonds. The van der Waals surface area contributed by atoms with Crippen molar-refractivity contribution < 1.29 is 14.3 Å². The number of nitrogens with one attached hydrogen (secondary N) is 2. The van der Waals surface area contributed by atoms with E-state index >= 15 is 0 Å². The molecule has 1 aromatic heterocycles. The normalized spacial score (nSPS) is 10.6. The standard InChI is InChI=1S/C19H19N3O3/c20-18(23)12-25-17-8-4-2-6-15(17)19(24)21-10-9-13-11-22-16-7-3-1-5-14(13)16/h1-8,11,22H,9-10,12H2,(H2,20,23)(H,21,24). The summed E-state index contributed by atoms with van der Waals surface area (Å²) in [4.78, 5) is 26.5. The fourth-order valence-corrected chi connectivity index (χ4v) is 2.67. The SMILES string of the molecule is NC(=O)COc1ccccc1C(=O)NCCc1c[nH]c2ccccc12. The van der Waals surface area contributed by atoms with Gasteiger partial charge in [0, 0.05) is 23.6 Å². The van der Waals surface area contributed by atoms with Crippen LogP contribution in [0.2, 0.25) is 0 Å². The number of aromatic amines is 1. The van der Waals surface area contributed by atoms with Crippen LogP contribution in [-0.2, 0) is 11.2 Å². The Morgan fingerprint density at radius 3 is 2.68 bits per heavy atom. The van der Waals surface area contributed by atoms with E-state index in [1.807, 2.05) is 24.4 Å². The number of benzene rings is 2. The molecule has 0 aliphatic carbocycles. The van der Waals surface area contributed by atoms with Gasteiger partial charge in [0.25, 0.3) is 11.8 Å². The number of amides is 2. The molecule has 25 heavy (non-hydrogen) atoms. The number of carbonyl (C=O) groups excluding carboxylic acids is 2. The number of hydrogen-bond donors (Lipinski definition) is 3. The summed E-state index contributed by atoms with van der Waals surface area (Å²) in [6.07, 6.45) is 2.67. The maximum Gasteiger partial charge on any atom is 0.255 e. The summed E-state index contributed by atoms with van der Waals surface area (Å²) in [6, 6.07) is 14.8. The summed E-state index contributed by atoms with van der Waals surface area (Å²) >= 11 is 0. The number of primary amides is 1. The van der Waals surface area contributed by atoms with Crippen molar-refractivity contribution in [2.45, 2.75) is 6.42 Å². The minimum absolute atomic E-state index is 0.250. The van der Waals surface area contributed by atoms with E-state index in [0.29, 0.717) is 24.3 Å². The lowest BCUT2D eigenvalue weighted by Crippen LogP contribution is -2.27. The molecule has 0 radical (unpaired) electrons. The number of ether oxygens (including phenoxy) is 1. The highest BCUT2D eigenvalue weighted by molar-refractivity contribution is 5.97. The van der Waals surface area contributed by atoms with Crippen LogP contribution in [-0.4, -0.2) is 29.9 Å². The van der Waals surface area contributed by atoms with Gasteiger partial charge in [-0.15, -0.1) is 0 Å². The molecule has 1 heterocycles. The molecule has 4 N–H and O–H groups in total. The van der Waals surface area contributed by atoms with Crippen LogP contribution < -0.4 is 15.8 Å². The van der Waals surface area contributed by atoms with E-state index in [4.69, 9.17) is 10.5 Å². The highest BCUT2D eigenvalue weighted by atomic mass is 16.5. The Morgan fingerprint density at radius 2 is 1.84 bits per heavy atom. The summed E-state index contributed by atoms with van der Waals surface area (Å²) in [5, 5.41) is 4.04. The molecule has 2 aromatic carbocycles. The van der Waals surface area contributed by atoms with Gasteiger partial charge in [-0.2, -0.15) is 0 Å². The van der Waals surface area contributed by atoms with Crippen LogP contribution >= 0.6 is 0 Å². The smallest absolute Gasteiger partial charge is 0.255 e. The lowest BCUT2D eigenvalue weighted by atomic mass is 10.1. The van der Waals surface area contributed by atoms with Crippen molar-refractivity contribution in [3.8, 4) is 5.75 Å². The number of fused-ring (bicyclic) bond motifs is 1. The maximum absolute atomic E-state index is 12.4. The summed E-state index contributed by atoms with van der Waals surface area (Å²) in [7, 11) is 0. The Labute approximate surface area is 145 Å². The number of para-hydroxylation sites is 2. The minimum Gasteiger partial charge on any atom is -0.483 e. The molecule has 3 rings (SSSR count). The molecule has 0 unspecified atom stereocenters. The van der Waals surface area contributed by atoms with Gasteiger partial charge in [0.15, 0.2) is 6.61 Å². The second-order valence-corrected chi connectivity index (χ2v) is 5.62. The topological polar surface area (TPSA) is 97.2 Å². The Hall–Kier alpha value is -3.28. The fourth-order valence-electron chi connectivity index (χ4n) is 2.67. The molecule has 0 aliphatic rings. The monoisotopic (exact) mass is 337 g/mol. The van der Waals surface area contributed by atoms with Crippen molar-refractivity contribution in [2.75, 3.05) is 13.2 Å². The molecule has 0 saturated carbocycles. The van der Waals surface area contributed by atoms with Crippen molar-refractivity contribution >= 4 is 22.7 Å². The van der Waals surface area contributed by atoms with Gasteiger partial charge in [-0.05, 0) is 30.2 Å². The molecule has 0 spiro atoms. The third-order valence-electron chi connectivity index (χ3n) is 3.86. The first kappa shape index (κ1) is 16.6. The Balaban J connectivity index is 1.62. The molecule has 0 fully saturated rings. The lowest BCUT2D eigenvalue weighted by molar-refractivity contribution is -0.119. The van der Waals surface area contributed by atoms with Crippen LogP contribution in [0, 0.1) is 0 Å². The van der Waals surface area contributed by atoms with Gasteiger partial charge < -0.3 is 20.8 Å². The average molecular weight is 337 g/mol. The van der Waals surface area contributed by atoms with E-state index < -0.39 is 5.91 Å². The van der Waals surface area contributed by atoms with Gasteiger partial charge in [0.1, 0.15) is 5.75 Å². The summed E-state index contributed by atoms with van der Waals surface area (Å²) in [6.45, 7) is 0.227. The predicted octanol–water partition coefficient (Wildman–Crippen LogP) is 2.00. The molecule has 6 nitrogen and oxygen atoms in total. The molecular weight excluding hydrogens is 318 g/mol. The van der Waals surface area contributed by atoms with Crippen LogP contribution in [0.25, 0.3) is 10.9 Å². The number of aromatic nitrogens is 1. The van der Waals surface area contributed by atoms with Crippen molar-refractivity contribution in [1.82, 2.24) is 10.3 Å². The lowest BCUT2D eigenvalue weighted by Gasteiger charge is -2.10. The zero-order valence-electron chi connectivity index (χ0n) is 13.6. The largest absolute Gasteiger partial charge is 0.483 e. The van der Waals surface area contributed by atoms with Crippen molar-refractivity contribution in [3.05, 3.63) is 65.9 Å². The average Bonchev–Trinajstić information content (AvgIpc) is 3.03. The number of rotatable bonds is 7. The number of hydrogen-bond acceptors (Lipinski definition) is 3. The van der Waals surface area contributed by atoms with Crippen LogP contribution in [0.5, 0.6) is 5.75 Å². The molecule has 0 aliphatic heterocycles. The third kappa shape index (κ3) is 3.98. The quantitative estimate of drug-likeness (QED) is 0.615. The summed E-state index contributed by atoms with van der Waals surface area (Å²) < 4.78 is 5.29. The van der Waals surface area contributed by atoms with Crippen molar-refractivity contribution in [1.29, 1.82) is 0 Å². The van der Waals surface area contributed by atoms with E-state index in [1.54, 1.807) is 24.3 Å². The summed E-state index contributed by atoms with van der Waals surface area (Å²) in [5.41, 5.74) is 7.68. The second kappa shape index (κ2) is 7.53. The zero-order chi connectivity index (χ0) is 17.6. The van der Waals surface area contributed by atoms with Crippen LogP contribution in [0.3, 0.4) is 0 Å². The Kier molecular flexibility index (Phi) is 4.99. The van der Waals surface area contributed by atoms with Crippen LogP contribution in [0.4, 0.5) is 0 Å². The van der Waals surface area contributed by atoms with Crippen LogP contribution in [0.15, 0.2) is 54.7 Å². The predicted molar refractivity (Wildman–Crippen MR) is 95.5 cm³/mol. The van der Waals surface area contributed by atoms with E-state index in [-0.39, 0.29) is 12.5 Å². The second-order valence-electron chi connectivity index (χ2n) is 5.62. The fraction of sp³-hybridized carbons (Fsp3) is 0.158. The van der Waals surface area contributed by atoms with Crippen molar-refractivity contribution in [3.63, 3.8) is 0 Å². The highest BCUT2D eigenvalue weighted by Gasteiger charge is 2.12. The van der Waals surface area contributed by atoms with Crippen LogP contribution in [0.1, 0.15) is 15.9 Å². The Bertz CT molecular complexity index is 902. The van der Waals surface area contributed by atoms with Crippen molar-refractivity contribution in [2.24, 2.45) is 5.73 Å². The molecular formula is C19H19N3O3. The molecule has 0 saturated heterocycles. The number of nitrogens with two attached hydrogens (primary N) is 1.